The number of aromatic nitrogens is 3. The first-order chi connectivity index (χ1) is 14.8. The number of pyridine rings is 1. The van der Waals surface area contributed by atoms with Gasteiger partial charge in [0, 0.05) is 36.3 Å². The smallest absolute Gasteiger partial charge is 0.266 e. The van der Waals surface area contributed by atoms with Crippen molar-refractivity contribution in [1.29, 1.82) is 0 Å². The third-order valence-corrected chi connectivity index (χ3v) is 6.53. The second-order valence-corrected chi connectivity index (χ2v) is 9.82. The summed E-state index contributed by atoms with van der Waals surface area (Å²) >= 11 is 6.31. The zero-order valence-corrected chi connectivity index (χ0v) is 18.4. The maximum Gasteiger partial charge on any atom is 0.266 e. The van der Waals surface area contributed by atoms with Gasteiger partial charge >= 0.3 is 0 Å². The number of benzene rings is 1. The number of nitrogens with zero attached hydrogens (tertiary/aromatic N) is 4. The van der Waals surface area contributed by atoms with Crippen LogP contribution in [0.2, 0.25) is 0 Å². The molecule has 1 aliphatic rings. The molecule has 31 heavy (non-hydrogen) atoms. The Balaban J connectivity index is 1.72. The molecule has 158 valence electrons. The minimum Gasteiger partial charge on any atom is -0.292 e. The molecule has 3 aromatic rings. The van der Waals surface area contributed by atoms with E-state index in [0.29, 0.717) is 16.2 Å². The maximum atomic E-state index is 12.8. The molecule has 0 atom stereocenters. The second kappa shape index (κ2) is 8.71. The predicted octanol–water partition coefficient (Wildman–Crippen LogP) is 3.02. The summed E-state index contributed by atoms with van der Waals surface area (Å²) < 4.78 is 33.0. The number of hydrogen-bond acceptors (Lipinski definition) is 7. The number of amides is 1. The summed E-state index contributed by atoms with van der Waals surface area (Å²) in [6.07, 6.45) is 6.83. The highest BCUT2D eigenvalue weighted by atomic mass is 32.2. The lowest BCUT2D eigenvalue weighted by atomic mass is 10.1. The predicted molar refractivity (Wildman–Crippen MR) is 123 cm³/mol. The van der Waals surface area contributed by atoms with Crippen molar-refractivity contribution in [3.63, 3.8) is 0 Å². The fourth-order valence-corrected chi connectivity index (χ4v) is 4.69. The van der Waals surface area contributed by atoms with Crippen LogP contribution in [0.25, 0.3) is 23.0 Å². The molecule has 2 aromatic heterocycles. The topological polar surface area (TPSA) is 105 Å². The van der Waals surface area contributed by atoms with Crippen LogP contribution < -0.4 is 0 Å². The molecule has 1 aliphatic heterocycles. The van der Waals surface area contributed by atoms with Crippen LogP contribution in [0.3, 0.4) is 0 Å². The van der Waals surface area contributed by atoms with Gasteiger partial charge in [0.05, 0.1) is 16.3 Å². The molecular formula is C20H16N4O4S3. The Labute approximate surface area is 188 Å². The summed E-state index contributed by atoms with van der Waals surface area (Å²) in [5, 5.41) is 4.69. The summed E-state index contributed by atoms with van der Waals surface area (Å²) in [7, 11) is -4.21. The van der Waals surface area contributed by atoms with Crippen LogP contribution >= 0.6 is 24.0 Å². The van der Waals surface area contributed by atoms with Gasteiger partial charge in [-0.25, -0.2) is 4.68 Å². The molecule has 1 saturated heterocycles. The first-order valence-electron chi connectivity index (χ1n) is 9.08. The first-order valence-corrected chi connectivity index (χ1v) is 11.9. The van der Waals surface area contributed by atoms with Gasteiger partial charge in [0.15, 0.2) is 0 Å². The fraction of sp³-hybridized carbons (Fsp3) is 0.100. The highest BCUT2D eigenvalue weighted by Gasteiger charge is 2.33. The van der Waals surface area contributed by atoms with E-state index >= 15 is 0 Å². The number of carbonyl (C=O) groups is 1. The van der Waals surface area contributed by atoms with Crippen molar-refractivity contribution in [2.45, 2.75) is 0 Å². The summed E-state index contributed by atoms with van der Waals surface area (Å²) in [5.41, 5.74) is 3.05. The highest BCUT2D eigenvalue weighted by Crippen LogP contribution is 2.34. The Kier molecular flexibility index (Phi) is 6.01. The Morgan fingerprint density at radius 2 is 1.84 bits per heavy atom. The summed E-state index contributed by atoms with van der Waals surface area (Å²) in [6, 6.07) is 13.2. The molecule has 1 fully saturated rings. The van der Waals surface area contributed by atoms with Crippen LogP contribution in [0, 0.1) is 0 Å². The minimum atomic E-state index is -4.21. The molecule has 8 nitrogen and oxygen atoms in total. The summed E-state index contributed by atoms with van der Waals surface area (Å²) in [6.45, 7) is -0.207. The molecule has 0 spiro atoms. The van der Waals surface area contributed by atoms with Crippen molar-refractivity contribution >= 4 is 50.4 Å². The number of carbonyl (C=O) groups excluding carboxylic acids is 1. The number of thiocarbonyl (C=S) groups is 1. The van der Waals surface area contributed by atoms with E-state index in [0.717, 1.165) is 23.0 Å². The number of thioether (sulfide) groups is 1. The van der Waals surface area contributed by atoms with Crippen LogP contribution in [0.15, 0.2) is 66.0 Å². The van der Waals surface area contributed by atoms with Crippen molar-refractivity contribution in [2.75, 3.05) is 12.3 Å². The molecule has 11 heteroatoms. The van der Waals surface area contributed by atoms with Gasteiger partial charge in [-0.15, -0.1) is 0 Å². The molecule has 4 rings (SSSR count). The first kappa shape index (κ1) is 21.4. The van der Waals surface area contributed by atoms with Crippen molar-refractivity contribution in [3.8, 4) is 16.9 Å². The van der Waals surface area contributed by atoms with Gasteiger partial charge in [-0.3, -0.25) is 19.2 Å². The molecule has 3 heterocycles. The molecular weight excluding hydrogens is 456 g/mol. The summed E-state index contributed by atoms with van der Waals surface area (Å²) in [5.74, 6) is -0.993. The number of rotatable bonds is 6. The normalized spacial score (nSPS) is 15.8. The van der Waals surface area contributed by atoms with E-state index in [1.807, 2.05) is 48.7 Å². The average Bonchev–Trinajstić information content (AvgIpc) is 3.28. The van der Waals surface area contributed by atoms with Gasteiger partial charge in [-0.1, -0.05) is 42.2 Å². The van der Waals surface area contributed by atoms with Crippen molar-refractivity contribution in [3.05, 3.63) is 71.5 Å². The van der Waals surface area contributed by atoms with E-state index in [2.05, 4.69) is 10.1 Å². The quantitative estimate of drug-likeness (QED) is 0.332. The Morgan fingerprint density at radius 1 is 1.13 bits per heavy atom. The summed E-state index contributed by atoms with van der Waals surface area (Å²) in [4.78, 5) is 18.4. The van der Waals surface area contributed by atoms with Crippen molar-refractivity contribution < 1.29 is 17.8 Å². The van der Waals surface area contributed by atoms with E-state index in [1.165, 1.54) is 4.90 Å². The van der Waals surface area contributed by atoms with Gasteiger partial charge in [-0.05, 0) is 30.3 Å². The fourth-order valence-electron chi connectivity index (χ4n) is 2.98. The van der Waals surface area contributed by atoms with Gasteiger partial charge in [0.25, 0.3) is 16.0 Å². The molecule has 1 aromatic carbocycles. The van der Waals surface area contributed by atoms with Gasteiger partial charge in [-0.2, -0.15) is 13.5 Å². The van der Waals surface area contributed by atoms with Crippen LogP contribution in [0.1, 0.15) is 5.56 Å². The molecule has 0 radical (unpaired) electrons. The lowest BCUT2D eigenvalue weighted by Gasteiger charge is -2.12. The average molecular weight is 473 g/mol. The van der Waals surface area contributed by atoms with Gasteiger partial charge < -0.3 is 0 Å². The maximum absolute atomic E-state index is 12.8. The van der Waals surface area contributed by atoms with E-state index in [4.69, 9.17) is 16.8 Å². The number of hydrogen-bond donors (Lipinski definition) is 1. The largest absolute Gasteiger partial charge is 0.292 e. The molecule has 1 amide bonds. The van der Waals surface area contributed by atoms with Crippen molar-refractivity contribution in [2.24, 2.45) is 0 Å². The number of para-hydroxylation sites is 1. The Bertz CT molecular complexity index is 1270. The van der Waals surface area contributed by atoms with Crippen LogP contribution in [0.4, 0.5) is 0 Å². The van der Waals surface area contributed by atoms with Crippen LogP contribution in [-0.4, -0.2) is 55.2 Å². The third-order valence-electron chi connectivity index (χ3n) is 4.45. The van der Waals surface area contributed by atoms with E-state index in [1.54, 1.807) is 23.2 Å². The highest BCUT2D eigenvalue weighted by molar-refractivity contribution is 8.26. The van der Waals surface area contributed by atoms with Gasteiger partial charge in [0.2, 0.25) is 0 Å². The Hall–Kier alpha value is -2.86. The zero-order chi connectivity index (χ0) is 22.0. The lowest BCUT2D eigenvalue weighted by Crippen LogP contribution is -2.32. The van der Waals surface area contributed by atoms with Crippen molar-refractivity contribution in [1.82, 2.24) is 19.7 Å². The van der Waals surface area contributed by atoms with Crippen LogP contribution in [-0.2, 0) is 14.9 Å². The molecule has 0 aliphatic carbocycles. The van der Waals surface area contributed by atoms with E-state index in [-0.39, 0.29) is 10.9 Å². The third kappa shape index (κ3) is 4.90. The lowest BCUT2D eigenvalue weighted by molar-refractivity contribution is -0.121. The van der Waals surface area contributed by atoms with E-state index in [9.17, 15) is 13.2 Å². The zero-order valence-electron chi connectivity index (χ0n) is 16.0. The minimum absolute atomic E-state index is 0.207. The SMILES string of the molecule is O=C1C(=Cc2cn(-c3ccccc3)nc2-c2ccncc2)SC(=S)N1CCS(=O)(=O)O. The second-order valence-electron chi connectivity index (χ2n) is 6.57. The van der Waals surface area contributed by atoms with Crippen LogP contribution in [0.5, 0.6) is 0 Å². The van der Waals surface area contributed by atoms with E-state index < -0.39 is 21.8 Å². The molecule has 0 bridgehead atoms. The molecule has 0 saturated carbocycles. The molecule has 1 N–H and O–H groups in total. The standard InChI is InChI=1S/C20H16N4O4S3/c25-19-17(30-20(29)23(19)10-11-31(26,27)28)12-15-13-24(16-4-2-1-3-5-16)22-18(15)14-6-8-21-9-7-14/h1-9,12-13H,10-11H2,(H,26,27,28). The Morgan fingerprint density at radius 3 is 2.52 bits per heavy atom. The van der Waals surface area contributed by atoms with Gasteiger partial charge in [0.1, 0.15) is 10.0 Å². The monoisotopic (exact) mass is 472 g/mol. The molecule has 0 unspecified atom stereocenters.